The molecule has 3 aromatic carbocycles. The van der Waals surface area contributed by atoms with Crippen LogP contribution in [0.15, 0.2) is 57.5 Å². The van der Waals surface area contributed by atoms with Crippen LogP contribution in [0.2, 0.25) is 0 Å². The maximum Gasteiger partial charge on any atom is 0.262 e. The summed E-state index contributed by atoms with van der Waals surface area (Å²) in [7, 11) is 0. The molecular weight excluding hydrogens is 564 g/mol. The summed E-state index contributed by atoms with van der Waals surface area (Å²) in [4.78, 5) is 24.6. The summed E-state index contributed by atoms with van der Waals surface area (Å²) >= 11 is 6.90. The summed E-state index contributed by atoms with van der Waals surface area (Å²) in [5.41, 5.74) is 5.02. The Bertz CT molecular complexity index is 1070. The van der Waals surface area contributed by atoms with Gasteiger partial charge in [-0.3, -0.25) is 9.59 Å². The van der Waals surface area contributed by atoms with Crippen molar-refractivity contribution in [3.05, 3.63) is 79.7 Å². The zero-order chi connectivity index (χ0) is 24.8. The molecule has 0 bridgehead atoms. The van der Waals surface area contributed by atoms with Gasteiger partial charge in [-0.1, -0.05) is 31.9 Å². The van der Waals surface area contributed by atoms with Gasteiger partial charge >= 0.3 is 0 Å². The lowest BCUT2D eigenvalue weighted by Gasteiger charge is -2.13. The van der Waals surface area contributed by atoms with Crippen LogP contribution in [0.3, 0.4) is 0 Å². The molecular formula is C26H26Br2N2O4. The third-order valence-electron chi connectivity index (χ3n) is 5.00. The monoisotopic (exact) mass is 588 g/mol. The topological polar surface area (TPSA) is 76.7 Å². The van der Waals surface area contributed by atoms with Crippen molar-refractivity contribution >= 4 is 55.0 Å². The number of ether oxygens (including phenoxy) is 2. The van der Waals surface area contributed by atoms with Crippen LogP contribution < -0.4 is 20.1 Å². The second-order valence-corrected chi connectivity index (χ2v) is 9.82. The number of anilines is 2. The molecule has 0 aliphatic carbocycles. The van der Waals surface area contributed by atoms with Gasteiger partial charge in [0.1, 0.15) is 11.5 Å². The molecule has 0 saturated carbocycles. The van der Waals surface area contributed by atoms with E-state index in [0.29, 0.717) is 22.9 Å². The molecule has 0 fully saturated rings. The van der Waals surface area contributed by atoms with E-state index in [1.54, 1.807) is 24.3 Å². The summed E-state index contributed by atoms with van der Waals surface area (Å²) in [5.74, 6) is 0.860. The van der Waals surface area contributed by atoms with Crippen LogP contribution in [0.25, 0.3) is 0 Å². The average Bonchev–Trinajstić information content (AvgIpc) is 2.73. The Labute approximate surface area is 216 Å². The van der Waals surface area contributed by atoms with Gasteiger partial charge in [0.25, 0.3) is 11.8 Å². The first kappa shape index (κ1) is 25.8. The number of hydrogen-bond donors (Lipinski definition) is 2. The number of nitrogens with one attached hydrogen (secondary N) is 2. The van der Waals surface area contributed by atoms with Crippen molar-refractivity contribution in [2.45, 2.75) is 27.7 Å². The van der Waals surface area contributed by atoms with E-state index in [0.717, 1.165) is 31.2 Å². The van der Waals surface area contributed by atoms with Crippen LogP contribution in [0.1, 0.15) is 22.3 Å². The fraction of sp³-hybridized carbons (Fsp3) is 0.231. The van der Waals surface area contributed by atoms with Gasteiger partial charge in [0.15, 0.2) is 13.2 Å². The second kappa shape index (κ2) is 11.5. The minimum absolute atomic E-state index is 0.103. The zero-order valence-corrected chi connectivity index (χ0v) is 22.6. The van der Waals surface area contributed by atoms with Gasteiger partial charge in [0, 0.05) is 20.3 Å². The smallest absolute Gasteiger partial charge is 0.262 e. The largest absolute Gasteiger partial charge is 0.483 e. The lowest BCUT2D eigenvalue weighted by Crippen LogP contribution is -2.21. The van der Waals surface area contributed by atoms with Gasteiger partial charge < -0.3 is 20.1 Å². The third-order valence-corrected chi connectivity index (χ3v) is 5.91. The Morgan fingerprint density at radius 1 is 0.647 bits per heavy atom. The van der Waals surface area contributed by atoms with Gasteiger partial charge in [-0.25, -0.2) is 0 Å². The van der Waals surface area contributed by atoms with Crippen molar-refractivity contribution in [3.63, 3.8) is 0 Å². The molecule has 0 aliphatic rings. The number of benzene rings is 3. The Balaban J connectivity index is 1.49. The second-order valence-electron chi connectivity index (χ2n) is 7.99. The Morgan fingerprint density at radius 3 is 1.24 bits per heavy atom. The summed E-state index contributed by atoms with van der Waals surface area (Å²) in [6, 6.07) is 14.6. The van der Waals surface area contributed by atoms with Gasteiger partial charge in [0.2, 0.25) is 0 Å². The molecule has 0 aromatic heterocycles. The number of amides is 2. The highest BCUT2D eigenvalue weighted by Gasteiger charge is 2.11. The predicted octanol–water partition coefficient (Wildman–Crippen LogP) is 6.48. The predicted molar refractivity (Wildman–Crippen MR) is 142 cm³/mol. The molecule has 0 spiro atoms. The number of hydrogen-bond acceptors (Lipinski definition) is 4. The molecule has 6 nitrogen and oxygen atoms in total. The number of carbonyl (C=O) groups is 2. The highest BCUT2D eigenvalue weighted by atomic mass is 79.9. The quantitative estimate of drug-likeness (QED) is 0.315. The summed E-state index contributed by atoms with van der Waals surface area (Å²) in [6.07, 6.45) is 0. The highest BCUT2D eigenvalue weighted by Crippen LogP contribution is 2.28. The van der Waals surface area contributed by atoms with Crippen LogP contribution in [0.5, 0.6) is 11.5 Å². The Kier molecular flexibility index (Phi) is 8.74. The van der Waals surface area contributed by atoms with Crippen LogP contribution in [0.4, 0.5) is 11.4 Å². The standard InChI is InChI=1S/C26H26Br2N2O4/c1-15-9-19(27)10-16(2)25(15)33-13-23(31)29-21-5-7-22(8-6-21)30-24(32)14-34-26-17(3)11-20(28)12-18(26)4/h5-12H,13-14H2,1-4H3,(H,29,31)(H,30,32). The van der Waals surface area contributed by atoms with Crippen LogP contribution in [0, 0.1) is 27.7 Å². The van der Waals surface area contributed by atoms with Crippen LogP contribution in [-0.4, -0.2) is 25.0 Å². The van der Waals surface area contributed by atoms with E-state index in [1.807, 2.05) is 52.0 Å². The molecule has 0 heterocycles. The first-order valence-corrected chi connectivity index (χ1v) is 12.2. The zero-order valence-electron chi connectivity index (χ0n) is 19.4. The SMILES string of the molecule is Cc1cc(Br)cc(C)c1OCC(=O)Nc1ccc(NC(=O)COc2c(C)cc(Br)cc2C)cc1. The van der Waals surface area contributed by atoms with Crippen LogP contribution in [-0.2, 0) is 9.59 Å². The van der Waals surface area contributed by atoms with Gasteiger partial charge in [-0.15, -0.1) is 0 Å². The van der Waals surface area contributed by atoms with E-state index >= 15 is 0 Å². The van der Waals surface area contributed by atoms with E-state index in [9.17, 15) is 9.59 Å². The molecule has 2 amide bonds. The Hall–Kier alpha value is -2.84. The van der Waals surface area contributed by atoms with E-state index in [1.165, 1.54) is 0 Å². The number of aryl methyl sites for hydroxylation is 4. The normalized spacial score (nSPS) is 10.5. The van der Waals surface area contributed by atoms with E-state index in [-0.39, 0.29) is 25.0 Å². The molecule has 0 radical (unpaired) electrons. The number of rotatable bonds is 8. The highest BCUT2D eigenvalue weighted by molar-refractivity contribution is 9.10. The lowest BCUT2D eigenvalue weighted by atomic mass is 10.1. The van der Waals surface area contributed by atoms with Crippen molar-refractivity contribution in [1.82, 2.24) is 0 Å². The fourth-order valence-corrected chi connectivity index (χ4v) is 4.93. The molecule has 2 N–H and O–H groups in total. The first-order valence-electron chi connectivity index (χ1n) is 10.6. The van der Waals surface area contributed by atoms with Gasteiger partial charge in [-0.2, -0.15) is 0 Å². The summed E-state index contributed by atoms with van der Waals surface area (Å²) < 4.78 is 13.4. The van der Waals surface area contributed by atoms with E-state index in [2.05, 4.69) is 42.5 Å². The molecule has 0 unspecified atom stereocenters. The molecule has 3 rings (SSSR count). The molecule has 0 atom stereocenters. The first-order chi connectivity index (χ1) is 16.1. The van der Waals surface area contributed by atoms with Gasteiger partial charge in [-0.05, 0) is 98.5 Å². The average molecular weight is 590 g/mol. The minimum Gasteiger partial charge on any atom is -0.483 e. The summed E-state index contributed by atoms with van der Waals surface area (Å²) in [6.45, 7) is 7.53. The van der Waals surface area contributed by atoms with Crippen molar-refractivity contribution in [1.29, 1.82) is 0 Å². The lowest BCUT2D eigenvalue weighted by molar-refractivity contribution is -0.118. The van der Waals surface area contributed by atoms with Crippen molar-refractivity contribution < 1.29 is 19.1 Å². The van der Waals surface area contributed by atoms with Crippen molar-refractivity contribution in [2.75, 3.05) is 23.8 Å². The molecule has 8 heteroatoms. The van der Waals surface area contributed by atoms with E-state index < -0.39 is 0 Å². The minimum atomic E-state index is -0.271. The van der Waals surface area contributed by atoms with Crippen LogP contribution >= 0.6 is 31.9 Å². The molecule has 178 valence electrons. The summed E-state index contributed by atoms with van der Waals surface area (Å²) in [5, 5.41) is 5.58. The Morgan fingerprint density at radius 2 is 0.941 bits per heavy atom. The van der Waals surface area contributed by atoms with E-state index in [4.69, 9.17) is 9.47 Å². The van der Waals surface area contributed by atoms with Gasteiger partial charge in [0.05, 0.1) is 0 Å². The number of halogens is 2. The van der Waals surface area contributed by atoms with Crippen molar-refractivity contribution in [3.8, 4) is 11.5 Å². The molecule has 3 aromatic rings. The maximum absolute atomic E-state index is 12.3. The number of carbonyl (C=O) groups excluding carboxylic acids is 2. The fourth-order valence-electron chi connectivity index (χ4n) is 3.56. The molecule has 0 aliphatic heterocycles. The third kappa shape index (κ3) is 7.08. The molecule has 34 heavy (non-hydrogen) atoms. The molecule has 0 saturated heterocycles. The van der Waals surface area contributed by atoms with Crippen molar-refractivity contribution in [2.24, 2.45) is 0 Å². The maximum atomic E-state index is 12.3.